The summed E-state index contributed by atoms with van der Waals surface area (Å²) in [6.07, 6.45) is 0. The Morgan fingerprint density at radius 3 is 2.38 bits per heavy atom. The first kappa shape index (κ1) is 26.2. The van der Waals surface area contributed by atoms with E-state index >= 15 is 0 Å². The molecule has 10 heteroatoms. The Kier molecular flexibility index (Phi) is 7.49. The van der Waals surface area contributed by atoms with Crippen LogP contribution in [-0.2, 0) is 9.59 Å². The summed E-state index contributed by atoms with van der Waals surface area (Å²) in [7, 11) is 1.52. The first-order valence-electron chi connectivity index (χ1n) is 11.8. The van der Waals surface area contributed by atoms with Gasteiger partial charge in [0, 0.05) is 10.6 Å². The summed E-state index contributed by atoms with van der Waals surface area (Å²) in [6.45, 7) is 1.90. The SMILES string of the molecule is COc1ccc(C)cc1NC1=C(Sc2ccc(NC(=O)c3cccs3)cc2)C(=O)N(c2ccc(F)cc2)C1=O. The smallest absolute Gasteiger partial charge is 0.283 e. The molecule has 1 aliphatic heterocycles. The van der Waals surface area contributed by atoms with E-state index in [-0.39, 0.29) is 22.2 Å². The number of benzene rings is 3. The maximum absolute atomic E-state index is 13.6. The highest BCUT2D eigenvalue weighted by atomic mass is 32.2. The summed E-state index contributed by atoms with van der Waals surface area (Å²) < 4.78 is 19.0. The number of carbonyl (C=O) groups excluding carboxylic acids is 3. The highest BCUT2D eigenvalue weighted by molar-refractivity contribution is 8.04. The van der Waals surface area contributed by atoms with Crippen LogP contribution in [0, 0.1) is 12.7 Å². The van der Waals surface area contributed by atoms with Gasteiger partial charge in [-0.05, 0) is 84.6 Å². The molecule has 39 heavy (non-hydrogen) atoms. The maximum Gasteiger partial charge on any atom is 0.283 e. The Balaban J connectivity index is 1.46. The number of imide groups is 1. The van der Waals surface area contributed by atoms with Crippen molar-refractivity contribution in [2.24, 2.45) is 0 Å². The van der Waals surface area contributed by atoms with Crippen molar-refractivity contribution in [3.05, 3.63) is 111 Å². The molecule has 4 aromatic rings. The van der Waals surface area contributed by atoms with Crippen molar-refractivity contribution in [1.29, 1.82) is 0 Å². The molecule has 0 bridgehead atoms. The van der Waals surface area contributed by atoms with Crippen LogP contribution in [0.4, 0.5) is 21.5 Å². The van der Waals surface area contributed by atoms with E-state index in [2.05, 4.69) is 10.6 Å². The molecule has 1 aliphatic rings. The molecule has 2 heterocycles. The molecule has 196 valence electrons. The van der Waals surface area contributed by atoms with Gasteiger partial charge in [0.2, 0.25) is 0 Å². The maximum atomic E-state index is 13.6. The largest absolute Gasteiger partial charge is 0.495 e. The van der Waals surface area contributed by atoms with Crippen molar-refractivity contribution in [3.8, 4) is 5.75 Å². The lowest BCUT2D eigenvalue weighted by Gasteiger charge is -2.16. The zero-order chi connectivity index (χ0) is 27.5. The number of rotatable bonds is 8. The molecule has 7 nitrogen and oxygen atoms in total. The molecule has 1 aromatic heterocycles. The number of aryl methyl sites for hydroxylation is 1. The van der Waals surface area contributed by atoms with Gasteiger partial charge in [0.15, 0.2) is 0 Å². The van der Waals surface area contributed by atoms with Crippen molar-refractivity contribution in [3.63, 3.8) is 0 Å². The van der Waals surface area contributed by atoms with Gasteiger partial charge in [-0.3, -0.25) is 14.4 Å². The second kappa shape index (κ2) is 11.1. The number of thiophene rings is 1. The van der Waals surface area contributed by atoms with E-state index in [0.717, 1.165) is 22.2 Å². The van der Waals surface area contributed by atoms with E-state index in [1.54, 1.807) is 42.5 Å². The summed E-state index contributed by atoms with van der Waals surface area (Å²) in [5.41, 5.74) is 2.38. The van der Waals surface area contributed by atoms with Crippen LogP contribution in [-0.4, -0.2) is 24.8 Å². The van der Waals surface area contributed by atoms with Crippen LogP contribution < -0.4 is 20.3 Å². The van der Waals surface area contributed by atoms with Crippen LogP contribution in [0.1, 0.15) is 15.2 Å². The normalized spacial score (nSPS) is 13.2. The molecule has 0 atom stereocenters. The third-order valence-corrected chi connectivity index (χ3v) is 7.78. The molecule has 0 saturated carbocycles. The number of amides is 3. The average molecular weight is 560 g/mol. The molecule has 0 aliphatic carbocycles. The Bertz CT molecular complexity index is 1580. The third kappa shape index (κ3) is 5.57. The second-order valence-corrected chi connectivity index (χ2v) is 10.5. The van der Waals surface area contributed by atoms with Gasteiger partial charge < -0.3 is 15.4 Å². The Hall–Kier alpha value is -4.41. The van der Waals surface area contributed by atoms with E-state index in [1.807, 2.05) is 24.4 Å². The predicted octanol–water partition coefficient (Wildman–Crippen LogP) is 6.45. The molecule has 0 fully saturated rings. The topological polar surface area (TPSA) is 87.7 Å². The van der Waals surface area contributed by atoms with Gasteiger partial charge in [-0.15, -0.1) is 11.3 Å². The van der Waals surface area contributed by atoms with Crippen LogP contribution in [0.3, 0.4) is 0 Å². The summed E-state index contributed by atoms with van der Waals surface area (Å²) in [4.78, 5) is 42.0. The van der Waals surface area contributed by atoms with E-state index in [9.17, 15) is 18.8 Å². The molecule has 0 spiro atoms. The van der Waals surface area contributed by atoms with Crippen molar-refractivity contribution >= 4 is 57.9 Å². The molecule has 0 saturated heterocycles. The van der Waals surface area contributed by atoms with E-state index in [0.29, 0.717) is 26.9 Å². The minimum absolute atomic E-state index is 0.0771. The van der Waals surface area contributed by atoms with Crippen LogP contribution in [0.25, 0.3) is 0 Å². The first-order chi connectivity index (χ1) is 18.8. The minimum Gasteiger partial charge on any atom is -0.495 e. The number of anilines is 3. The summed E-state index contributed by atoms with van der Waals surface area (Å²) in [5.74, 6) is -1.30. The molecule has 3 amide bonds. The minimum atomic E-state index is -0.572. The highest BCUT2D eigenvalue weighted by Crippen LogP contribution is 2.39. The monoisotopic (exact) mass is 559 g/mol. The lowest BCUT2D eigenvalue weighted by molar-refractivity contribution is -0.120. The lowest BCUT2D eigenvalue weighted by atomic mass is 10.2. The zero-order valence-corrected chi connectivity index (χ0v) is 22.5. The average Bonchev–Trinajstić information content (AvgIpc) is 3.55. The molecule has 2 N–H and O–H groups in total. The number of carbonyl (C=O) groups is 3. The molecule has 0 radical (unpaired) electrons. The molecule has 5 rings (SSSR count). The standard InChI is InChI=1S/C29H22FN3O4S2/c1-17-5-14-23(37-2)22(16-17)32-25-26(29(36)33(28(25)35)20-10-6-18(30)7-11-20)39-21-12-8-19(9-13-21)31-27(34)24-4-3-15-38-24/h3-16,32H,1-2H3,(H,31,34). The lowest BCUT2D eigenvalue weighted by Crippen LogP contribution is -2.32. The first-order valence-corrected chi connectivity index (χ1v) is 13.5. The number of nitrogens with zero attached hydrogens (tertiary/aromatic N) is 1. The van der Waals surface area contributed by atoms with Crippen molar-refractivity contribution in [1.82, 2.24) is 0 Å². The number of hydrogen-bond donors (Lipinski definition) is 2. The van der Waals surface area contributed by atoms with E-state index in [1.165, 1.54) is 42.7 Å². The number of hydrogen-bond acceptors (Lipinski definition) is 7. The molecular formula is C29H22FN3O4S2. The molecule has 0 unspecified atom stereocenters. The van der Waals surface area contributed by atoms with Crippen LogP contribution in [0.15, 0.2) is 99.7 Å². The van der Waals surface area contributed by atoms with Crippen LogP contribution >= 0.6 is 23.1 Å². The van der Waals surface area contributed by atoms with Gasteiger partial charge >= 0.3 is 0 Å². The quantitative estimate of drug-likeness (QED) is 0.242. The fourth-order valence-electron chi connectivity index (χ4n) is 3.92. The number of thioether (sulfide) groups is 1. The summed E-state index contributed by atoms with van der Waals surface area (Å²) in [5, 5.41) is 7.77. The predicted molar refractivity (Wildman–Crippen MR) is 152 cm³/mol. The van der Waals surface area contributed by atoms with Crippen molar-refractivity contribution < 1.29 is 23.5 Å². The van der Waals surface area contributed by atoms with Crippen molar-refractivity contribution in [2.75, 3.05) is 22.6 Å². The van der Waals surface area contributed by atoms with Gasteiger partial charge in [0.25, 0.3) is 17.7 Å². The number of ether oxygens (including phenoxy) is 1. The molecule has 3 aromatic carbocycles. The summed E-state index contributed by atoms with van der Waals surface area (Å²) >= 11 is 2.46. The second-order valence-electron chi connectivity index (χ2n) is 8.51. The fourth-order valence-corrected chi connectivity index (χ4v) is 5.46. The van der Waals surface area contributed by atoms with Crippen molar-refractivity contribution in [2.45, 2.75) is 11.8 Å². The number of methoxy groups -OCH3 is 1. The summed E-state index contributed by atoms with van der Waals surface area (Å²) in [6, 6.07) is 21.1. The number of nitrogens with one attached hydrogen (secondary N) is 2. The Labute approximate surface area is 232 Å². The highest BCUT2D eigenvalue weighted by Gasteiger charge is 2.40. The van der Waals surface area contributed by atoms with Gasteiger partial charge in [0.1, 0.15) is 22.2 Å². The third-order valence-electron chi connectivity index (χ3n) is 5.82. The van der Waals surface area contributed by atoms with Gasteiger partial charge in [-0.1, -0.05) is 23.9 Å². The molecular weight excluding hydrogens is 537 g/mol. The Morgan fingerprint density at radius 2 is 1.72 bits per heavy atom. The van der Waals surface area contributed by atoms with E-state index in [4.69, 9.17) is 4.74 Å². The fraction of sp³-hybridized carbons (Fsp3) is 0.0690. The van der Waals surface area contributed by atoms with Crippen LogP contribution in [0.2, 0.25) is 0 Å². The van der Waals surface area contributed by atoms with Gasteiger partial charge in [-0.2, -0.15) is 0 Å². The Morgan fingerprint density at radius 1 is 0.974 bits per heavy atom. The van der Waals surface area contributed by atoms with Gasteiger partial charge in [0.05, 0.1) is 23.4 Å². The van der Waals surface area contributed by atoms with Gasteiger partial charge in [-0.25, -0.2) is 9.29 Å². The zero-order valence-electron chi connectivity index (χ0n) is 20.9. The van der Waals surface area contributed by atoms with Crippen LogP contribution in [0.5, 0.6) is 5.75 Å². The van der Waals surface area contributed by atoms with E-state index < -0.39 is 17.6 Å². The number of halogens is 1.